The minimum atomic E-state index is -1.01. The van der Waals surface area contributed by atoms with Gasteiger partial charge in [0, 0.05) is 38.3 Å². The molecule has 0 bridgehead atoms. The van der Waals surface area contributed by atoms with E-state index < -0.39 is 16.1 Å². The van der Waals surface area contributed by atoms with E-state index in [1.807, 2.05) is 42.5 Å². The summed E-state index contributed by atoms with van der Waals surface area (Å²) >= 11 is 12.2. The van der Waals surface area contributed by atoms with E-state index in [-0.39, 0.29) is 0 Å². The first-order chi connectivity index (χ1) is 19.3. The van der Waals surface area contributed by atoms with Gasteiger partial charge in [-0.05, 0) is 82.2 Å². The van der Waals surface area contributed by atoms with Gasteiger partial charge >= 0.3 is 0 Å². The van der Waals surface area contributed by atoms with E-state index in [1.165, 1.54) is 22.9 Å². The third-order valence-electron chi connectivity index (χ3n) is 5.94. The van der Waals surface area contributed by atoms with E-state index in [9.17, 15) is 5.11 Å². The number of hydrogen-bond donors (Lipinski definition) is 1. The molecular formula is C32H43Br2ClO4Si2. The van der Waals surface area contributed by atoms with E-state index in [4.69, 9.17) is 25.8 Å². The van der Waals surface area contributed by atoms with E-state index >= 15 is 0 Å². The van der Waals surface area contributed by atoms with Gasteiger partial charge in [0.25, 0.3) is 0 Å². The van der Waals surface area contributed by atoms with Crippen LogP contribution < -0.4 is 4.74 Å². The molecule has 0 heterocycles. The lowest BCUT2D eigenvalue weighted by Crippen LogP contribution is -2.22. The summed E-state index contributed by atoms with van der Waals surface area (Å²) in [4.78, 5) is 0. The van der Waals surface area contributed by atoms with Gasteiger partial charge in [-0.15, -0.1) is 0 Å². The van der Waals surface area contributed by atoms with E-state index in [0.717, 1.165) is 38.7 Å². The molecule has 4 aromatic carbocycles. The highest BCUT2D eigenvalue weighted by Crippen LogP contribution is 2.25. The first kappa shape index (κ1) is 35.8. The van der Waals surface area contributed by atoms with Crippen LogP contribution in [0.3, 0.4) is 0 Å². The molecule has 0 fully saturated rings. The van der Waals surface area contributed by atoms with Crippen LogP contribution in [0.2, 0.25) is 51.4 Å². The van der Waals surface area contributed by atoms with Crippen molar-refractivity contribution in [1.29, 1.82) is 0 Å². The molecule has 0 aliphatic carbocycles. The second-order valence-corrected chi connectivity index (χ2v) is 25.4. The monoisotopic (exact) mass is 740 g/mol. The second kappa shape index (κ2) is 17.7. The lowest BCUT2D eigenvalue weighted by atomic mass is 10.1. The highest BCUT2D eigenvalue weighted by Gasteiger charge is 2.12. The number of phenols is 1. The third-order valence-corrected chi connectivity index (χ3v) is 10.5. The van der Waals surface area contributed by atoms with Crippen molar-refractivity contribution in [2.24, 2.45) is 0 Å². The summed E-state index contributed by atoms with van der Waals surface area (Å²) in [6.45, 7) is 16.0. The van der Waals surface area contributed by atoms with Crippen molar-refractivity contribution in [2.75, 3.05) is 26.1 Å². The van der Waals surface area contributed by atoms with Crippen LogP contribution in [0.5, 0.6) is 11.5 Å². The number of benzene rings is 4. The molecule has 0 saturated carbocycles. The van der Waals surface area contributed by atoms with Gasteiger partial charge in [-0.25, -0.2) is 0 Å². The molecular weight excluding hydrogens is 700 g/mol. The van der Waals surface area contributed by atoms with Gasteiger partial charge in [-0.3, -0.25) is 0 Å². The summed E-state index contributed by atoms with van der Waals surface area (Å²) in [7, 11) is -1.89. The maximum Gasteiger partial charge on any atom is 0.189 e. The van der Waals surface area contributed by atoms with Crippen molar-refractivity contribution in [3.05, 3.63) is 81.7 Å². The maximum atomic E-state index is 9.19. The van der Waals surface area contributed by atoms with Crippen LogP contribution >= 0.6 is 43.5 Å². The summed E-state index contributed by atoms with van der Waals surface area (Å²) < 4.78 is 18.3. The number of halogens is 3. The zero-order valence-corrected chi connectivity index (χ0v) is 30.9. The summed E-state index contributed by atoms with van der Waals surface area (Å²) in [6.07, 6.45) is 0. The molecule has 4 nitrogen and oxygen atoms in total. The summed E-state index contributed by atoms with van der Waals surface area (Å²) in [5.74, 6) is 1.16. The highest BCUT2D eigenvalue weighted by molar-refractivity contribution is 9.10. The molecule has 0 aromatic heterocycles. The molecule has 224 valence electrons. The van der Waals surface area contributed by atoms with Crippen LogP contribution in [0, 0.1) is 0 Å². The molecule has 4 rings (SSSR count). The first-order valence-corrected chi connectivity index (χ1v) is 23.2. The Bertz CT molecular complexity index is 1320. The normalized spacial score (nSPS) is 11.4. The smallest absolute Gasteiger partial charge is 0.189 e. The Morgan fingerprint density at radius 2 is 1.10 bits per heavy atom. The van der Waals surface area contributed by atoms with Crippen LogP contribution in [-0.4, -0.2) is 47.3 Å². The molecule has 0 aliphatic heterocycles. The standard InChI is InChI=1S/C16H21BrO2Si.C10H7BrO.C6H15ClOSi/c1-20(2,3)9-8-18-12-19-16-7-5-13-10-15(17)6-4-14(13)11-16;11-9-3-1-8-6-10(12)4-2-7(8)5-9;1-9(2,3)5-4-8-6-7/h4-7,10-11H,8-9,12H2,1-3H3;1-6,12H;4-6H2,1-3H3. The van der Waals surface area contributed by atoms with Crippen LogP contribution in [-0.2, 0) is 9.47 Å². The van der Waals surface area contributed by atoms with Crippen molar-refractivity contribution in [2.45, 2.75) is 51.4 Å². The number of alkyl halides is 1. The Balaban J connectivity index is 0.000000238. The van der Waals surface area contributed by atoms with Gasteiger partial charge < -0.3 is 19.3 Å². The van der Waals surface area contributed by atoms with Gasteiger partial charge in [0.05, 0.1) is 0 Å². The predicted molar refractivity (Wildman–Crippen MR) is 189 cm³/mol. The number of rotatable bonds is 10. The largest absolute Gasteiger partial charge is 0.508 e. The Kier molecular flexibility index (Phi) is 15.4. The Hall–Kier alpha value is -1.40. The molecule has 9 heteroatoms. The van der Waals surface area contributed by atoms with E-state index in [0.29, 0.717) is 18.6 Å². The van der Waals surface area contributed by atoms with Crippen LogP contribution in [0.15, 0.2) is 81.7 Å². The van der Waals surface area contributed by atoms with E-state index in [1.54, 1.807) is 12.1 Å². The average Bonchev–Trinajstić information content (AvgIpc) is 2.88. The SMILES string of the molecule is C[Si](C)(C)CCOCCl.C[Si](C)(C)CCOCOc1ccc2cc(Br)ccc2c1.Oc1ccc2cc(Br)ccc2c1. The second-order valence-electron chi connectivity index (χ2n) is 12.1. The molecule has 0 spiro atoms. The van der Waals surface area contributed by atoms with Crippen LogP contribution in [0.1, 0.15) is 0 Å². The highest BCUT2D eigenvalue weighted by atomic mass is 79.9. The molecule has 0 radical (unpaired) electrons. The van der Waals surface area contributed by atoms with Gasteiger partial charge in [0.2, 0.25) is 0 Å². The summed E-state index contributed by atoms with van der Waals surface area (Å²) in [5.41, 5.74) is 0. The van der Waals surface area contributed by atoms with Crippen molar-refractivity contribution in [3.63, 3.8) is 0 Å². The first-order valence-electron chi connectivity index (χ1n) is 13.7. The summed E-state index contributed by atoms with van der Waals surface area (Å²) in [5, 5.41) is 13.7. The topological polar surface area (TPSA) is 47.9 Å². The molecule has 0 atom stereocenters. The minimum Gasteiger partial charge on any atom is -0.508 e. The molecule has 0 saturated heterocycles. The lowest BCUT2D eigenvalue weighted by Gasteiger charge is -2.15. The molecule has 41 heavy (non-hydrogen) atoms. The molecule has 0 unspecified atom stereocenters. The van der Waals surface area contributed by atoms with Crippen LogP contribution in [0.4, 0.5) is 0 Å². The third kappa shape index (κ3) is 15.6. The fourth-order valence-corrected chi connectivity index (χ4v) is 5.85. The Morgan fingerprint density at radius 3 is 1.63 bits per heavy atom. The molecule has 0 amide bonds. The van der Waals surface area contributed by atoms with Crippen molar-refractivity contribution in [1.82, 2.24) is 0 Å². The van der Waals surface area contributed by atoms with Crippen molar-refractivity contribution < 1.29 is 19.3 Å². The predicted octanol–water partition coefficient (Wildman–Crippen LogP) is 11.1. The van der Waals surface area contributed by atoms with Gasteiger partial charge in [0.15, 0.2) is 6.79 Å². The summed E-state index contributed by atoms with van der Waals surface area (Å²) in [6, 6.07) is 26.3. The zero-order chi connectivity index (χ0) is 30.5. The van der Waals surface area contributed by atoms with Crippen molar-refractivity contribution >= 4 is 81.2 Å². The molecule has 1 N–H and O–H groups in total. The van der Waals surface area contributed by atoms with Gasteiger partial charge in [-0.1, -0.05) is 107 Å². The number of phenolic OH excluding ortho intramolecular Hbond substituents is 1. The Labute approximate surface area is 269 Å². The number of aromatic hydroxyl groups is 1. The lowest BCUT2D eigenvalue weighted by molar-refractivity contribution is 0.0221. The van der Waals surface area contributed by atoms with Crippen molar-refractivity contribution in [3.8, 4) is 11.5 Å². The number of fused-ring (bicyclic) bond motifs is 2. The fraction of sp³-hybridized carbons (Fsp3) is 0.375. The average molecular weight is 743 g/mol. The Morgan fingerprint density at radius 1 is 0.634 bits per heavy atom. The quantitative estimate of drug-likeness (QED) is 0.0761. The maximum absolute atomic E-state index is 9.19. The zero-order valence-electron chi connectivity index (χ0n) is 25.0. The number of ether oxygens (including phenoxy) is 3. The van der Waals surface area contributed by atoms with Gasteiger partial charge in [0.1, 0.15) is 17.6 Å². The molecule has 4 aromatic rings. The van der Waals surface area contributed by atoms with Crippen LogP contribution in [0.25, 0.3) is 21.5 Å². The van der Waals surface area contributed by atoms with E-state index in [2.05, 4.69) is 89.3 Å². The fourth-order valence-electron chi connectivity index (χ4n) is 3.47. The number of hydrogen-bond acceptors (Lipinski definition) is 4. The molecule has 0 aliphatic rings. The minimum absolute atomic E-state index is 0.310. The van der Waals surface area contributed by atoms with Gasteiger partial charge in [-0.2, -0.15) is 0 Å².